The number of aliphatic imine (C=N–C) groups is 1. The molecular weight excluding hydrogens is 557 g/mol. The van der Waals surface area contributed by atoms with E-state index < -0.39 is 0 Å². The molecule has 0 bridgehead atoms. The number of nitrogens with one attached hydrogen (secondary N) is 1. The molecule has 2 atom stereocenters. The van der Waals surface area contributed by atoms with Gasteiger partial charge in [0.25, 0.3) is 0 Å². The summed E-state index contributed by atoms with van der Waals surface area (Å²) >= 11 is 1.86. The van der Waals surface area contributed by atoms with E-state index in [0.29, 0.717) is 0 Å². The van der Waals surface area contributed by atoms with Crippen molar-refractivity contribution in [3.8, 4) is 5.69 Å². The van der Waals surface area contributed by atoms with E-state index in [9.17, 15) is 0 Å². The van der Waals surface area contributed by atoms with E-state index in [2.05, 4.69) is 107 Å². The predicted octanol–water partition coefficient (Wildman–Crippen LogP) is 9.52. The van der Waals surface area contributed by atoms with Gasteiger partial charge in [0.2, 0.25) is 0 Å². The number of hydrogen-bond acceptors (Lipinski definition) is 4. The van der Waals surface area contributed by atoms with Crippen LogP contribution in [0.25, 0.3) is 47.7 Å². The molecule has 0 aliphatic carbocycles. The Morgan fingerprint density at radius 1 is 0.591 bits per heavy atom. The smallest absolute Gasteiger partial charge is 0.127 e. The van der Waals surface area contributed by atoms with Crippen LogP contribution in [0.5, 0.6) is 0 Å². The number of fused-ring (bicyclic) bond motifs is 6. The first-order valence-corrected chi connectivity index (χ1v) is 15.6. The van der Waals surface area contributed by atoms with Gasteiger partial charge in [0.15, 0.2) is 0 Å². The molecule has 8 aromatic rings. The SMILES string of the molecule is NC(NC(/N=C/c1ccc(-n2c3ccccc3c3cc4c(cc32)sc2ccccc24)cc1)c1ccccc1)c1ccccc1. The lowest BCUT2D eigenvalue weighted by Gasteiger charge is -2.21. The topological polar surface area (TPSA) is 55.3 Å². The van der Waals surface area contributed by atoms with E-state index in [4.69, 9.17) is 10.7 Å². The summed E-state index contributed by atoms with van der Waals surface area (Å²) in [5.74, 6) is 0. The molecule has 0 aliphatic rings. The summed E-state index contributed by atoms with van der Waals surface area (Å²) in [6.07, 6.45) is 1.30. The zero-order chi connectivity index (χ0) is 29.5. The minimum absolute atomic E-state index is 0.285. The molecule has 0 fully saturated rings. The molecule has 8 rings (SSSR count). The van der Waals surface area contributed by atoms with Crippen LogP contribution in [0.2, 0.25) is 0 Å². The maximum Gasteiger partial charge on any atom is 0.127 e. The number of benzene rings is 6. The number of aromatic nitrogens is 1. The lowest BCUT2D eigenvalue weighted by molar-refractivity contribution is 0.467. The maximum atomic E-state index is 6.54. The Labute approximate surface area is 259 Å². The van der Waals surface area contributed by atoms with E-state index in [1.165, 1.54) is 42.0 Å². The molecule has 0 spiro atoms. The molecule has 6 aromatic carbocycles. The molecule has 0 aliphatic heterocycles. The monoisotopic (exact) mass is 586 g/mol. The van der Waals surface area contributed by atoms with Crippen LogP contribution in [0.1, 0.15) is 29.0 Å². The summed E-state index contributed by atoms with van der Waals surface area (Å²) in [6.45, 7) is 0. The highest BCUT2D eigenvalue weighted by Crippen LogP contribution is 2.40. The fourth-order valence-corrected chi connectivity index (χ4v) is 7.24. The van der Waals surface area contributed by atoms with Gasteiger partial charge in [-0.15, -0.1) is 11.3 Å². The maximum absolute atomic E-state index is 6.54. The van der Waals surface area contributed by atoms with E-state index in [1.54, 1.807) is 0 Å². The van der Waals surface area contributed by atoms with E-state index in [-0.39, 0.29) is 12.3 Å². The van der Waals surface area contributed by atoms with Crippen LogP contribution in [0.4, 0.5) is 0 Å². The second-order valence-corrected chi connectivity index (χ2v) is 12.1. The zero-order valence-electron chi connectivity index (χ0n) is 24.0. The van der Waals surface area contributed by atoms with Crippen LogP contribution in [-0.4, -0.2) is 10.8 Å². The number of nitrogens with two attached hydrogens (primary N) is 1. The second kappa shape index (κ2) is 11.2. The molecule has 2 unspecified atom stereocenters. The third kappa shape index (κ3) is 4.77. The summed E-state index contributed by atoms with van der Waals surface area (Å²) < 4.78 is 5.00. The Morgan fingerprint density at radius 3 is 2.02 bits per heavy atom. The fourth-order valence-electron chi connectivity index (χ4n) is 6.12. The minimum Gasteiger partial charge on any atom is -0.312 e. The van der Waals surface area contributed by atoms with Gasteiger partial charge >= 0.3 is 0 Å². The van der Waals surface area contributed by atoms with Crippen molar-refractivity contribution in [2.75, 3.05) is 0 Å². The summed E-state index contributed by atoms with van der Waals surface area (Å²) in [6, 6.07) is 51.0. The molecule has 0 saturated heterocycles. The van der Waals surface area contributed by atoms with Gasteiger partial charge in [-0.1, -0.05) is 109 Å². The van der Waals surface area contributed by atoms with Crippen LogP contribution < -0.4 is 11.1 Å². The first kappa shape index (κ1) is 26.5. The van der Waals surface area contributed by atoms with Gasteiger partial charge in [-0.05, 0) is 53.1 Å². The van der Waals surface area contributed by atoms with Crippen LogP contribution in [0.15, 0.2) is 151 Å². The highest BCUT2D eigenvalue weighted by Gasteiger charge is 2.16. The van der Waals surface area contributed by atoms with Gasteiger partial charge in [0.1, 0.15) is 6.17 Å². The van der Waals surface area contributed by atoms with Crippen molar-refractivity contribution in [1.29, 1.82) is 0 Å². The summed E-state index contributed by atoms with van der Waals surface area (Å²) in [5.41, 5.74) is 13.2. The zero-order valence-corrected chi connectivity index (χ0v) is 24.8. The summed E-state index contributed by atoms with van der Waals surface area (Å²) in [7, 11) is 0. The van der Waals surface area contributed by atoms with Gasteiger partial charge in [-0.2, -0.15) is 0 Å². The average molecular weight is 587 g/mol. The van der Waals surface area contributed by atoms with Gasteiger partial charge in [-0.3, -0.25) is 10.3 Å². The molecule has 2 aromatic heterocycles. The van der Waals surface area contributed by atoms with Crippen LogP contribution >= 0.6 is 11.3 Å². The fraction of sp³-hybridized carbons (Fsp3) is 0.0513. The molecule has 0 saturated carbocycles. The number of thiophene rings is 1. The molecule has 3 N–H and O–H groups in total. The van der Waals surface area contributed by atoms with Gasteiger partial charge in [0.05, 0.1) is 17.2 Å². The highest BCUT2D eigenvalue weighted by molar-refractivity contribution is 7.25. The Balaban J connectivity index is 1.16. The molecule has 5 heteroatoms. The van der Waals surface area contributed by atoms with Gasteiger partial charge < -0.3 is 10.3 Å². The largest absolute Gasteiger partial charge is 0.312 e. The molecule has 2 heterocycles. The molecule has 0 radical (unpaired) electrons. The number of rotatable bonds is 7. The van der Waals surface area contributed by atoms with Crippen molar-refractivity contribution in [3.63, 3.8) is 0 Å². The summed E-state index contributed by atoms with van der Waals surface area (Å²) in [5, 5.41) is 8.67. The lowest BCUT2D eigenvalue weighted by atomic mass is 10.1. The standard InChI is InChI=1S/C39H30N4S/c40-38(27-11-3-1-4-12-27)42-39(28-13-5-2-6-14-28)41-25-26-19-21-29(22-20-26)43-34-17-9-7-15-30(34)32-23-33-31-16-8-10-18-36(31)44-37(33)24-35(32)43/h1-25,38-39,42H,40H2/b41-25+. The van der Waals surface area contributed by atoms with Crippen LogP contribution in [-0.2, 0) is 0 Å². The highest BCUT2D eigenvalue weighted by atomic mass is 32.1. The van der Waals surface area contributed by atoms with Crippen LogP contribution in [0, 0.1) is 0 Å². The molecule has 0 amide bonds. The number of hydrogen-bond donors (Lipinski definition) is 2. The van der Waals surface area contributed by atoms with E-state index in [0.717, 1.165) is 22.4 Å². The van der Waals surface area contributed by atoms with E-state index in [1.807, 2.05) is 66.1 Å². The number of nitrogens with zero attached hydrogens (tertiary/aromatic N) is 2. The predicted molar refractivity (Wildman–Crippen MR) is 187 cm³/mol. The quantitative estimate of drug-likeness (QED) is 0.144. The Bertz CT molecular complexity index is 2270. The number of para-hydroxylation sites is 1. The van der Waals surface area contributed by atoms with Gasteiger partial charge in [0, 0.05) is 42.8 Å². The van der Waals surface area contributed by atoms with Crippen molar-refractivity contribution < 1.29 is 0 Å². The van der Waals surface area contributed by atoms with Crippen LogP contribution in [0.3, 0.4) is 0 Å². The van der Waals surface area contributed by atoms with Crippen molar-refractivity contribution in [1.82, 2.24) is 9.88 Å². The van der Waals surface area contributed by atoms with Crippen molar-refractivity contribution in [2.45, 2.75) is 12.3 Å². The molecule has 44 heavy (non-hydrogen) atoms. The van der Waals surface area contributed by atoms with E-state index >= 15 is 0 Å². The summed E-state index contributed by atoms with van der Waals surface area (Å²) in [4.78, 5) is 4.96. The third-order valence-electron chi connectivity index (χ3n) is 8.31. The molecule has 212 valence electrons. The molecular formula is C39H30N4S. The second-order valence-electron chi connectivity index (χ2n) is 11.1. The Hall–Kier alpha value is -5.07. The minimum atomic E-state index is -0.344. The third-order valence-corrected chi connectivity index (χ3v) is 9.44. The lowest BCUT2D eigenvalue weighted by Crippen LogP contribution is -2.31. The Kier molecular flexibility index (Phi) is 6.76. The Morgan fingerprint density at radius 2 is 1.25 bits per heavy atom. The molecule has 4 nitrogen and oxygen atoms in total. The van der Waals surface area contributed by atoms with Crippen molar-refractivity contribution in [2.24, 2.45) is 10.7 Å². The first-order chi connectivity index (χ1) is 21.7. The van der Waals surface area contributed by atoms with Gasteiger partial charge in [-0.25, -0.2) is 0 Å². The van der Waals surface area contributed by atoms with Crippen molar-refractivity contribution in [3.05, 3.63) is 162 Å². The van der Waals surface area contributed by atoms with Crippen molar-refractivity contribution >= 4 is 59.5 Å². The average Bonchev–Trinajstić information content (AvgIpc) is 3.61. The normalized spacial score (nSPS) is 13.4. The first-order valence-electron chi connectivity index (χ1n) is 14.8.